The lowest BCUT2D eigenvalue weighted by Gasteiger charge is -2.11. The number of aromatic nitrogens is 2. The van der Waals surface area contributed by atoms with Gasteiger partial charge in [-0.15, -0.1) is 11.3 Å². The molecule has 4 rings (SSSR count). The van der Waals surface area contributed by atoms with Gasteiger partial charge in [-0.2, -0.15) is 23.0 Å². The zero-order chi connectivity index (χ0) is 26.2. The van der Waals surface area contributed by atoms with Crippen LogP contribution in [0.25, 0.3) is 16.5 Å². The van der Waals surface area contributed by atoms with Crippen LogP contribution in [0.2, 0.25) is 0 Å². The molecule has 2 heterocycles. The summed E-state index contributed by atoms with van der Waals surface area (Å²) < 4.78 is 71.3. The molecule has 7 nitrogen and oxygen atoms in total. The number of carbonyl (C=O) groups excluding carboxylic acids is 2. The predicted octanol–water partition coefficient (Wildman–Crippen LogP) is 5.17. The van der Waals surface area contributed by atoms with Crippen LogP contribution >= 0.6 is 11.3 Å². The van der Waals surface area contributed by atoms with Gasteiger partial charge < -0.3 is 10.1 Å². The first-order chi connectivity index (χ1) is 17.0. The summed E-state index contributed by atoms with van der Waals surface area (Å²) in [5.41, 5.74) is -2.43. The van der Waals surface area contributed by atoms with Crippen LogP contribution in [0.15, 0.2) is 52.6 Å². The van der Waals surface area contributed by atoms with Gasteiger partial charge in [-0.25, -0.2) is 13.6 Å². The average molecular weight is 523 g/mol. The molecule has 0 saturated carbocycles. The summed E-state index contributed by atoms with van der Waals surface area (Å²) in [6, 6.07) is 5.97. The summed E-state index contributed by atoms with van der Waals surface area (Å²) in [5.74, 6) is -4.18. The number of rotatable bonds is 5. The van der Waals surface area contributed by atoms with Gasteiger partial charge in [-0.1, -0.05) is 0 Å². The molecule has 0 atom stereocenters. The molecule has 1 amide bonds. The smallest absolute Gasteiger partial charge is 0.416 e. The van der Waals surface area contributed by atoms with E-state index < -0.39 is 40.8 Å². The number of ether oxygens (including phenoxy) is 1. The van der Waals surface area contributed by atoms with Crippen LogP contribution in [0.4, 0.5) is 27.0 Å². The zero-order valence-electron chi connectivity index (χ0n) is 18.2. The summed E-state index contributed by atoms with van der Waals surface area (Å²) in [4.78, 5) is 38.5. The second-order valence-corrected chi connectivity index (χ2v) is 8.15. The third kappa shape index (κ3) is 4.69. The molecule has 0 aliphatic rings. The highest BCUT2D eigenvalue weighted by Crippen LogP contribution is 2.32. The molecule has 13 heteroatoms. The Kier molecular flexibility index (Phi) is 6.59. The molecule has 4 aromatic rings. The molecule has 0 aliphatic carbocycles. The average Bonchev–Trinajstić information content (AvgIpc) is 3.24. The molecule has 0 radical (unpaired) electrons. The van der Waals surface area contributed by atoms with Gasteiger partial charge in [-0.3, -0.25) is 9.59 Å². The van der Waals surface area contributed by atoms with Crippen LogP contribution in [0.3, 0.4) is 0 Å². The minimum atomic E-state index is -4.61. The monoisotopic (exact) mass is 523 g/mol. The number of fused-ring (bicyclic) bond motifs is 1. The maximum absolute atomic E-state index is 13.6. The van der Waals surface area contributed by atoms with Crippen molar-refractivity contribution in [2.45, 2.75) is 13.1 Å². The van der Waals surface area contributed by atoms with Crippen molar-refractivity contribution in [3.05, 3.63) is 86.7 Å². The Balaban J connectivity index is 1.85. The molecule has 0 saturated heterocycles. The largest absolute Gasteiger partial charge is 0.461 e. The Bertz CT molecular complexity index is 1540. The van der Waals surface area contributed by atoms with Crippen molar-refractivity contribution < 1.29 is 36.3 Å². The molecule has 0 fully saturated rings. The van der Waals surface area contributed by atoms with Gasteiger partial charge in [0, 0.05) is 16.3 Å². The van der Waals surface area contributed by atoms with Crippen LogP contribution in [-0.4, -0.2) is 28.3 Å². The highest BCUT2D eigenvalue weighted by atomic mass is 32.1. The fourth-order valence-electron chi connectivity index (χ4n) is 3.27. The summed E-state index contributed by atoms with van der Waals surface area (Å²) in [6.07, 6.45) is -4.61. The van der Waals surface area contributed by atoms with Gasteiger partial charge in [-0.05, 0) is 49.4 Å². The number of amides is 1. The highest BCUT2D eigenvalue weighted by Gasteiger charge is 2.30. The van der Waals surface area contributed by atoms with E-state index in [0.717, 1.165) is 47.7 Å². The summed E-state index contributed by atoms with van der Waals surface area (Å²) in [6.45, 7) is 1.52. The van der Waals surface area contributed by atoms with Gasteiger partial charge in [0.1, 0.15) is 5.00 Å². The van der Waals surface area contributed by atoms with E-state index in [4.69, 9.17) is 4.74 Å². The van der Waals surface area contributed by atoms with Gasteiger partial charge in [0.25, 0.3) is 11.5 Å². The normalized spacial score (nSPS) is 11.5. The first-order valence-electron chi connectivity index (χ1n) is 10.2. The molecule has 0 aliphatic heterocycles. The number of thiophene rings is 1. The molecular weight excluding hydrogens is 509 g/mol. The van der Waals surface area contributed by atoms with E-state index in [0.29, 0.717) is 10.7 Å². The van der Waals surface area contributed by atoms with Crippen LogP contribution in [0.5, 0.6) is 0 Å². The van der Waals surface area contributed by atoms with Gasteiger partial charge in [0.15, 0.2) is 17.3 Å². The van der Waals surface area contributed by atoms with Crippen molar-refractivity contribution >= 4 is 39.0 Å². The van der Waals surface area contributed by atoms with Crippen molar-refractivity contribution in [2.75, 3.05) is 11.9 Å². The number of esters is 1. The van der Waals surface area contributed by atoms with Crippen LogP contribution in [0, 0.1) is 11.6 Å². The number of nitrogens with one attached hydrogen (secondary N) is 1. The molecule has 0 unspecified atom stereocenters. The highest BCUT2D eigenvalue weighted by molar-refractivity contribution is 7.16. The van der Waals surface area contributed by atoms with E-state index in [2.05, 4.69) is 10.4 Å². The number of halogens is 5. The van der Waals surface area contributed by atoms with E-state index in [1.165, 1.54) is 5.38 Å². The molecule has 2 aromatic carbocycles. The van der Waals surface area contributed by atoms with E-state index in [-0.39, 0.29) is 39.3 Å². The maximum Gasteiger partial charge on any atom is 0.416 e. The van der Waals surface area contributed by atoms with Crippen LogP contribution in [0.1, 0.15) is 33.3 Å². The lowest BCUT2D eigenvalue weighted by atomic mass is 10.2. The second kappa shape index (κ2) is 9.49. The van der Waals surface area contributed by atoms with Gasteiger partial charge >= 0.3 is 12.1 Å². The first-order valence-corrected chi connectivity index (χ1v) is 11.0. The minimum absolute atomic E-state index is 0.0225. The third-order valence-corrected chi connectivity index (χ3v) is 5.86. The Morgan fingerprint density at radius 3 is 2.39 bits per heavy atom. The quantitative estimate of drug-likeness (QED) is 0.288. The SMILES string of the molecule is CCOC(=O)c1nn(-c2ccc(C(F)(F)F)cc2)c(=O)c2c(NC(=O)c3ccc(F)c(F)c3)scc12. The first kappa shape index (κ1) is 25.0. The number of hydrogen-bond donors (Lipinski definition) is 1. The standard InChI is InChI=1S/C23H14F5N3O4S/c1-2-35-22(34)18-14-10-36-20(29-19(32)11-3-8-15(24)16(25)9-11)17(14)21(33)31(30-18)13-6-4-12(5-7-13)23(26,27)28/h3-10H,2H2,1H3,(H,29,32). The second-order valence-electron chi connectivity index (χ2n) is 7.27. The van der Waals surface area contributed by atoms with E-state index in [9.17, 15) is 36.3 Å². The fraction of sp³-hybridized carbons (Fsp3) is 0.130. The van der Waals surface area contributed by atoms with E-state index >= 15 is 0 Å². The lowest BCUT2D eigenvalue weighted by Crippen LogP contribution is -2.25. The van der Waals surface area contributed by atoms with Crippen molar-refractivity contribution in [2.24, 2.45) is 0 Å². The molecule has 0 spiro atoms. The molecule has 2 aromatic heterocycles. The number of anilines is 1. The number of nitrogens with zero attached hydrogens (tertiary/aromatic N) is 2. The van der Waals surface area contributed by atoms with Crippen LogP contribution in [-0.2, 0) is 10.9 Å². The van der Waals surface area contributed by atoms with Gasteiger partial charge in [0.2, 0.25) is 0 Å². The molecule has 0 bridgehead atoms. The van der Waals surface area contributed by atoms with Crippen LogP contribution < -0.4 is 10.9 Å². The van der Waals surface area contributed by atoms with E-state index in [1.807, 2.05) is 0 Å². The number of benzene rings is 2. The summed E-state index contributed by atoms with van der Waals surface area (Å²) in [5, 5.41) is 7.62. The third-order valence-electron chi connectivity index (χ3n) is 4.97. The Morgan fingerprint density at radius 1 is 1.08 bits per heavy atom. The zero-order valence-corrected chi connectivity index (χ0v) is 19.0. The molecule has 186 valence electrons. The molecular formula is C23H14F5N3O4S. The summed E-state index contributed by atoms with van der Waals surface area (Å²) in [7, 11) is 0. The maximum atomic E-state index is 13.6. The van der Waals surface area contributed by atoms with Crippen molar-refractivity contribution in [1.82, 2.24) is 9.78 Å². The number of carbonyl (C=O) groups is 2. The Hall–Kier alpha value is -4.13. The van der Waals surface area contributed by atoms with Gasteiger partial charge in [0.05, 0.1) is 23.2 Å². The lowest BCUT2D eigenvalue weighted by molar-refractivity contribution is -0.137. The number of hydrogen-bond acceptors (Lipinski definition) is 6. The predicted molar refractivity (Wildman–Crippen MR) is 120 cm³/mol. The number of alkyl halides is 3. The Labute approximate surface area is 202 Å². The summed E-state index contributed by atoms with van der Waals surface area (Å²) >= 11 is 0.857. The molecule has 36 heavy (non-hydrogen) atoms. The van der Waals surface area contributed by atoms with Crippen molar-refractivity contribution in [3.8, 4) is 5.69 Å². The van der Waals surface area contributed by atoms with E-state index in [1.54, 1.807) is 6.92 Å². The van der Waals surface area contributed by atoms with Crippen molar-refractivity contribution in [3.63, 3.8) is 0 Å². The van der Waals surface area contributed by atoms with Crippen molar-refractivity contribution in [1.29, 1.82) is 0 Å². The Morgan fingerprint density at radius 2 is 1.78 bits per heavy atom. The minimum Gasteiger partial charge on any atom is -0.461 e. The fourth-order valence-corrected chi connectivity index (χ4v) is 4.20. The topological polar surface area (TPSA) is 90.3 Å². The molecule has 1 N–H and O–H groups in total.